The predicted octanol–water partition coefficient (Wildman–Crippen LogP) is 2.64. The Bertz CT molecular complexity index is 592. The van der Waals surface area contributed by atoms with Crippen molar-refractivity contribution >= 4 is 23.4 Å². The molecule has 2 rings (SSSR count). The highest BCUT2D eigenvalue weighted by Crippen LogP contribution is 2.21. The molecule has 0 radical (unpaired) electrons. The van der Waals surface area contributed by atoms with Gasteiger partial charge in [0.05, 0.1) is 6.04 Å². The topological polar surface area (TPSA) is 58.2 Å². The van der Waals surface area contributed by atoms with Crippen LogP contribution in [0.15, 0.2) is 60.7 Å². The van der Waals surface area contributed by atoms with Crippen LogP contribution in [-0.4, -0.2) is 24.2 Å². The summed E-state index contributed by atoms with van der Waals surface area (Å²) in [5.74, 6) is -0.859. The molecule has 4 nitrogen and oxygen atoms in total. The Labute approximate surface area is 140 Å². The van der Waals surface area contributed by atoms with E-state index in [0.717, 1.165) is 11.1 Å². The van der Waals surface area contributed by atoms with E-state index in [1.165, 1.54) is 0 Å². The predicted molar refractivity (Wildman–Crippen MR) is 91.2 cm³/mol. The maximum Gasteiger partial charge on any atom is 0.310 e. The van der Waals surface area contributed by atoms with Crippen molar-refractivity contribution in [2.45, 2.75) is 12.5 Å². The molecule has 0 aliphatic rings. The molecule has 2 N–H and O–H groups in total. The fourth-order valence-corrected chi connectivity index (χ4v) is 2.33. The van der Waals surface area contributed by atoms with Gasteiger partial charge in [-0.2, -0.15) is 0 Å². The van der Waals surface area contributed by atoms with Crippen molar-refractivity contribution < 1.29 is 9.59 Å². The summed E-state index contributed by atoms with van der Waals surface area (Å²) in [4.78, 5) is 24.0. The SMILES string of the molecule is O=C(NCCCCl)C(=O)NC(c1ccccc1)c1ccccc1. The van der Waals surface area contributed by atoms with Crippen molar-refractivity contribution in [3.63, 3.8) is 0 Å². The Morgan fingerprint density at radius 3 is 1.87 bits per heavy atom. The third-order valence-corrected chi connectivity index (χ3v) is 3.61. The zero-order valence-electron chi connectivity index (χ0n) is 12.7. The van der Waals surface area contributed by atoms with Crippen molar-refractivity contribution in [1.82, 2.24) is 10.6 Å². The number of hydrogen-bond donors (Lipinski definition) is 2. The molecule has 2 aromatic rings. The maximum atomic E-state index is 12.1. The molecule has 120 valence electrons. The van der Waals surface area contributed by atoms with Gasteiger partial charge in [0.25, 0.3) is 0 Å². The molecule has 0 fully saturated rings. The van der Waals surface area contributed by atoms with Crippen LogP contribution in [0.2, 0.25) is 0 Å². The van der Waals surface area contributed by atoms with E-state index in [2.05, 4.69) is 10.6 Å². The molecule has 23 heavy (non-hydrogen) atoms. The number of nitrogens with one attached hydrogen (secondary N) is 2. The molecule has 0 heterocycles. The normalized spacial score (nSPS) is 10.3. The second-order valence-corrected chi connectivity index (χ2v) is 5.40. The second kappa shape index (κ2) is 8.96. The third-order valence-electron chi connectivity index (χ3n) is 3.34. The van der Waals surface area contributed by atoms with Gasteiger partial charge in [-0.1, -0.05) is 60.7 Å². The van der Waals surface area contributed by atoms with Crippen molar-refractivity contribution in [2.75, 3.05) is 12.4 Å². The third kappa shape index (κ3) is 5.11. The van der Waals surface area contributed by atoms with Crippen LogP contribution in [0.4, 0.5) is 0 Å². The standard InChI is InChI=1S/C18H19ClN2O2/c19-12-7-13-20-17(22)18(23)21-16(14-8-3-1-4-9-14)15-10-5-2-6-11-15/h1-6,8-11,16H,7,12-13H2,(H,20,22)(H,21,23). The molecule has 2 amide bonds. The van der Waals surface area contributed by atoms with Crippen molar-refractivity contribution in [3.05, 3.63) is 71.8 Å². The molecule has 0 aliphatic carbocycles. The molecular weight excluding hydrogens is 312 g/mol. The molecule has 0 aromatic heterocycles. The molecule has 0 aliphatic heterocycles. The number of amides is 2. The number of halogens is 1. The lowest BCUT2D eigenvalue weighted by Gasteiger charge is -2.19. The zero-order chi connectivity index (χ0) is 16.5. The van der Waals surface area contributed by atoms with Gasteiger partial charge in [0, 0.05) is 12.4 Å². The van der Waals surface area contributed by atoms with Gasteiger partial charge in [-0.05, 0) is 17.5 Å². The van der Waals surface area contributed by atoms with Crippen LogP contribution < -0.4 is 10.6 Å². The summed E-state index contributed by atoms with van der Waals surface area (Å²) in [6, 6.07) is 18.7. The molecular formula is C18H19ClN2O2. The molecule has 0 bridgehead atoms. The number of hydrogen-bond acceptors (Lipinski definition) is 2. The Hall–Kier alpha value is -2.33. The lowest BCUT2D eigenvalue weighted by molar-refractivity contribution is -0.139. The Kier molecular flexibility index (Phi) is 6.63. The van der Waals surface area contributed by atoms with Crippen molar-refractivity contribution in [3.8, 4) is 0 Å². The minimum atomic E-state index is -0.655. The van der Waals surface area contributed by atoms with Crippen LogP contribution in [0.25, 0.3) is 0 Å². The molecule has 0 unspecified atom stereocenters. The Morgan fingerprint density at radius 1 is 0.870 bits per heavy atom. The van der Waals surface area contributed by atoms with Gasteiger partial charge in [-0.3, -0.25) is 9.59 Å². The highest BCUT2D eigenvalue weighted by atomic mass is 35.5. The first kappa shape index (κ1) is 17.0. The smallest absolute Gasteiger partial charge is 0.310 e. The highest BCUT2D eigenvalue weighted by Gasteiger charge is 2.20. The van der Waals surface area contributed by atoms with E-state index in [0.29, 0.717) is 18.8 Å². The lowest BCUT2D eigenvalue weighted by atomic mass is 9.99. The summed E-state index contributed by atoms with van der Waals surface area (Å²) in [5, 5.41) is 5.35. The first-order valence-electron chi connectivity index (χ1n) is 7.47. The van der Waals surface area contributed by atoms with E-state index in [1.807, 2.05) is 60.7 Å². The summed E-state index contributed by atoms with van der Waals surface area (Å²) in [6.45, 7) is 0.386. The number of carbonyl (C=O) groups excluding carboxylic acids is 2. The number of benzene rings is 2. The van der Waals surface area contributed by atoms with Gasteiger partial charge in [-0.25, -0.2) is 0 Å². The van der Waals surface area contributed by atoms with Gasteiger partial charge < -0.3 is 10.6 Å². The number of alkyl halides is 1. The molecule has 0 saturated heterocycles. The largest absolute Gasteiger partial charge is 0.348 e. The summed E-state index contributed by atoms with van der Waals surface area (Å²) < 4.78 is 0. The molecule has 5 heteroatoms. The lowest BCUT2D eigenvalue weighted by Crippen LogP contribution is -2.42. The van der Waals surface area contributed by atoms with Crippen LogP contribution in [0, 0.1) is 0 Å². The monoisotopic (exact) mass is 330 g/mol. The average Bonchev–Trinajstić information content (AvgIpc) is 2.61. The van der Waals surface area contributed by atoms with Crippen LogP contribution in [0.1, 0.15) is 23.6 Å². The first-order chi connectivity index (χ1) is 11.2. The quantitative estimate of drug-likeness (QED) is 0.486. The highest BCUT2D eigenvalue weighted by molar-refractivity contribution is 6.35. The van der Waals surface area contributed by atoms with Gasteiger partial charge in [-0.15, -0.1) is 11.6 Å². The summed E-state index contributed by atoms with van der Waals surface area (Å²) in [5.41, 5.74) is 1.83. The zero-order valence-corrected chi connectivity index (χ0v) is 13.4. The molecule has 0 saturated carbocycles. The van der Waals surface area contributed by atoms with Crippen LogP contribution in [-0.2, 0) is 9.59 Å². The van der Waals surface area contributed by atoms with Gasteiger partial charge >= 0.3 is 11.8 Å². The van der Waals surface area contributed by atoms with E-state index in [-0.39, 0.29) is 6.04 Å². The Morgan fingerprint density at radius 2 is 1.39 bits per heavy atom. The fraction of sp³-hybridized carbons (Fsp3) is 0.222. The van der Waals surface area contributed by atoms with Crippen molar-refractivity contribution in [2.24, 2.45) is 0 Å². The van der Waals surface area contributed by atoms with Gasteiger partial charge in [0.2, 0.25) is 0 Å². The molecule has 0 spiro atoms. The van der Waals surface area contributed by atoms with E-state index < -0.39 is 11.8 Å². The van der Waals surface area contributed by atoms with E-state index in [9.17, 15) is 9.59 Å². The van der Waals surface area contributed by atoms with E-state index in [4.69, 9.17) is 11.6 Å². The summed E-state index contributed by atoms with van der Waals surface area (Å²) >= 11 is 5.56. The number of carbonyl (C=O) groups is 2. The fourth-order valence-electron chi connectivity index (χ4n) is 2.20. The summed E-state index contributed by atoms with van der Waals surface area (Å²) in [6.07, 6.45) is 0.626. The number of rotatable bonds is 6. The Balaban J connectivity index is 2.13. The molecule has 0 atom stereocenters. The van der Waals surface area contributed by atoms with Gasteiger partial charge in [0.1, 0.15) is 0 Å². The maximum absolute atomic E-state index is 12.1. The first-order valence-corrected chi connectivity index (χ1v) is 8.00. The molecule has 2 aromatic carbocycles. The van der Waals surface area contributed by atoms with E-state index >= 15 is 0 Å². The minimum Gasteiger partial charge on any atom is -0.348 e. The van der Waals surface area contributed by atoms with Gasteiger partial charge in [0.15, 0.2) is 0 Å². The van der Waals surface area contributed by atoms with E-state index in [1.54, 1.807) is 0 Å². The van der Waals surface area contributed by atoms with Crippen LogP contribution in [0.5, 0.6) is 0 Å². The van der Waals surface area contributed by atoms with Crippen LogP contribution >= 0.6 is 11.6 Å². The van der Waals surface area contributed by atoms with Crippen molar-refractivity contribution in [1.29, 1.82) is 0 Å². The summed E-state index contributed by atoms with van der Waals surface area (Å²) in [7, 11) is 0. The average molecular weight is 331 g/mol. The van der Waals surface area contributed by atoms with Crippen LogP contribution in [0.3, 0.4) is 0 Å². The minimum absolute atomic E-state index is 0.372. The second-order valence-electron chi connectivity index (χ2n) is 5.03.